The lowest BCUT2D eigenvalue weighted by Gasteiger charge is -2.38. The van der Waals surface area contributed by atoms with E-state index in [0.29, 0.717) is 38.5 Å². The van der Waals surface area contributed by atoms with E-state index < -0.39 is 83.1 Å². The molecule has 18 nitrogen and oxygen atoms in total. The van der Waals surface area contributed by atoms with Crippen molar-refractivity contribution in [2.75, 3.05) is 65.4 Å². The normalized spacial score (nSPS) is 31.5. The molecular weight excluding hydrogens is 913 g/mol. The SMILES string of the molecule is COCCN1CCC(NC(=O)O[C@H]2[C@H](C)[C@H](O)[C@H](C)[C@@H](O)[C@@H](C)/C=C/C=C(/C)C(=O)Nc3c(O)c4c(O)c(C)c5c(c4c4c3=NC3(CCN(CC(C)C)CC3)N=4)C(=O)[C@@](C)(O/C=C/[C@H](OC)[C@H]2C)O5)CC1. The molecule has 0 aliphatic carbocycles. The second-order valence-corrected chi connectivity index (χ2v) is 21.0. The zero-order valence-corrected chi connectivity index (χ0v) is 43.3. The predicted molar refractivity (Wildman–Crippen MR) is 267 cm³/mol. The van der Waals surface area contributed by atoms with E-state index in [-0.39, 0.29) is 61.4 Å². The molecule has 5 bridgehead atoms. The van der Waals surface area contributed by atoms with Gasteiger partial charge in [-0.1, -0.05) is 59.8 Å². The number of piperidine rings is 2. The number of fused-ring (bicyclic) bond motifs is 13. The van der Waals surface area contributed by atoms with Crippen molar-refractivity contribution in [2.45, 2.75) is 130 Å². The molecule has 6 heterocycles. The summed E-state index contributed by atoms with van der Waals surface area (Å²) in [4.78, 5) is 57.8. The fraction of sp³-hybridized carbons (Fsp3) is 0.642. The van der Waals surface area contributed by atoms with Crippen LogP contribution in [0, 0.1) is 36.5 Å². The highest BCUT2D eigenvalue weighted by Crippen LogP contribution is 2.50. The number of aliphatic hydroxyl groups is 2. The lowest BCUT2D eigenvalue weighted by Crippen LogP contribution is -2.50. The van der Waals surface area contributed by atoms with Crippen molar-refractivity contribution in [1.29, 1.82) is 0 Å². The van der Waals surface area contributed by atoms with Crippen LogP contribution in [0.2, 0.25) is 0 Å². The molecule has 0 aromatic heterocycles. The van der Waals surface area contributed by atoms with E-state index in [0.717, 1.165) is 39.0 Å². The number of methoxy groups -OCH3 is 2. The van der Waals surface area contributed by atoms with Crippen molar-refractivity contribution in [3.63, 3.8) is 0 Å². The van der Waals surface area contributed by atoms with Crippen molar-refractivity contribution in [3.8, 4) is 17.2 Å². The van der Waals surface area contributed by atoms with E-state index >= 15 is 0 Å². The second-order valence-electron chi connectivity index (χ2n) is 21.0. The van der Waals surface area contributed by atoms with Crippen molar-refractivity contribution in [1.82, 2.24) is 15.1 Å². The maximum atomic E-state index is 14.9. The van der Waals surface area contributed by atoms with Crippen LogP contribution in [-0.4, -0.2) is 150 Å². The standard InChI is InChI=1S/C53H76N6O12/c1-28(2)27-59-22-18-53(19-23-59)56-40-37-38-45(62)34(8)48-39(37)49(64)52(9,71-48)69-25-17-36(68-11)31(5)47(70-51(66)54-35-15-20-58(21-16-35)24-26-67-10)33(7)44(61)32(6)43(60)29(3)13-12-14-30(4)50(65)55-42(46(38)63)41(40)57-53/h12-14,17,25,28-29,31-33,35-36,43-44,47,60-63H,15-16,18-24,26-27H2,1-11H3,(H,54,66)(H,55,65)/b13-12+,25-17+,30-14-/t29-,31+,32+,33+,36-,43-,44+,47+,52-/m0/s1. The molecule has 8 rings (SSSR count). The molecular formula is C53H76N6O12. The van der Waals surface area contributed by atoms with Crippen LogP contribution >= 0.6 is 0 Å². The Bertz CT molecular complexity index is 2550. The summed E-state index contributed by atoms with van der Waals surface area (Å²) in [5.41, 5.74) is -0.601. The average Bonchev–Trinajstić information content (AvgIpc) is 3.84. The number of nitrogens with zero attached hydrogens (tertiary/aromatic N) is 4. The van der Waals surface area contributed by atoms with Crippen LogP contribution in [0.1, 0.15) is 97.0 Å². The van der Waals surface area contributed by atoms with Gasteiger partial charge in [0.1, 0.15) is 28.6 Å². The summed E-state index contributed by atoms with van der Waals surface area (Å²) in [6.45, 7) is 21.3. The first-order chi connectivity index (χ1) is 33.6. The molecule has 2 aromatic carbocycles. The van der Waals surface area contributed by atoms with E-state index in [1.807, 2.05) is 6.92 Å². The van der Waals surface area contributed by atoms with E-state index in [1.165, 1.54) is 20.3 Å². The first-order valence-electron chi connectivity index (χ1n) is 25.2. The van der Waals surface area contributed by atoms with Gasteiger partial charge in [0.25, 0.3) is 11.7 Å². The maximum absolute atomic E-state index is 14.9. The van der Waals surface area contributed by atoms with Gasteiger partial charge in [-0.05, 0) is 38.7 Å². The highest BCUT2D eigenvalue weighted by atomic mass is 16.7. The van der Waals surface area contributed by atoms with Gasteiger partial charge in [-0.25, -0.2) is 4.79 Å². The minimum Gasteiger partial charge on any atom is -0.507 e. The number of ether oxygens (including phenoxy) is 5. The van der Waals surface area contributed by atoms with Gasteiger partial charge in [0.05, 0.1) is 47.5 Å². The minimum atomic E-state index is -1.99. The number of benzene rings is 2. The minimum absolute atomic E-state index is 0.0320. The summed E-state index contributed by atoms with van der Waals surface area (Å²) >= 11 is 0. The number of amides is 2. The van der Waals surface area contributed by atoms with Crippen LogP contribution in [0.5, 0.6) is 17.2 Å². The van der Waals surface area contributed by atoms with E-state index in [9.17, 15) is 34.8 Å². The summed E-state index contributed by atoms with van der Waals surface area (Å²) in [6, 6.07) is -0.129. The number of phenolic OH excluding ortho intramolecular Hbond substituents is 2. The van der Waals surface area contributed by atoms with Crippen LogP contribution in [-0.2, 0) is 23.7 Å². The third-order valence-electron chi connectivity index (χ3n) is 15.4. The molecule has 6 aliphatic heterocycles. The Balaban J connectivity index is 1.29. The lowest BCUT2D eigenvalue weighted by atomic mass is 9.78. The van der Waals surface area contributed by atoms with Crippen LogP contribution in [0.3, 0.4) is 0 Å². The molecule has 2 saturated heterocycles. The topological polar surface area (TPSA) is 234 Å². The van der Waals surface area contributed by atoms with Crippen molar-refractivity contribution < 1.29 is 58.5 Å². The Kier molecular flexibility index (Phi) is 16.6. The quantitative estimate of drug-likeness (QED) is 0.191. The second kappa shape index (κ2) is 21.9. The third-order valence-corrected chi connectivity index (χ3v) is 15.4. The first-order valence-corrected chi connectivity index (χ1v) is 25.2. The Morgan fingerprint density at radius 2 is 1.59 bits per heavy atom. The number of aromatic hydroxyl groups is 2. The molecule has 2 aromatic rings. The number of Topliss-reactive ketones (excluding diaryl/α,β-unsaturated/α-hetero) is 1. The fourth-order valence-electron chi connectivity index (χ4n) is 10.9. The largest absolute Gasteiger partial charge is 0.507 e. The first kappa shape index (κ1) is 53.7. The zero-order chi connectivity index (χ0) is 51.7. The number of anilines is 1. The number of phenols is 2. The van der Waals surface area contributed by atoms with Crippen LogP contribution in [0.4, 0.5) is 10.5 Å². The van der Waals surface area contributed by atoms with Crippen LogP contribution in [0.15, 0.2) is 46.1 Å². The Morgan fingerprint density at radius 3 is 2.24 bits per heavy atom. The molecule has 0 radical (unpaired) electrons. The van der Waals surface area contributed by atoms with Gasteiger partial charge >= 0.3 is 11.9 Å². The van der Waals surface area contributed by atoms with E-state index in [2.05, 4.69) is 34.3 Å². The lowest BCUT2D eigenvalue weighted by molar-refractivity contribution is -0.112. The molecule has 2 fully saturated rings. The van der Waals surface area contributed by atoms with Crippen molar-refractivity contribution >= 4 is 34.2 Å². The number of ketones is 1. The molecule has 18 heteroatoms. The van der Waals surface area contributed by atoms with Crippen molar-refractivity contribution in [2.24, 2.45) is 39.6 Å². The highest BCUT2D eigenvalue weighted by molar-refractivity contribution is 6.19. The van der Waals surface area contributed by atoms with Crippen LogP contribution in [0.25, 0.3) is 10.8 Å². The van der Waals surface area contributed by atoms with Gasteiger partial charge in [-0.3, -0.25) is 19.6 Å². The maximum Gasteiger partial charge on any atom is 0.407 e. The van der Waals surface area contributed by atoms with E-state index in [4.69, 9.17) is 33.7 Å². The average molecular weight is 989 g/mol. The summed E-state index contributed by atoms with van der Waals surface area (Å²) in [5.74, 6) is -6.12. The highest BCUT2D eigenvalue weighted by Gasteiger charge is 2.50. The van der Waals surface area contributed by atoms with Crippen molar-refractivity contribution in [3.05, 3.63) is 58.0 Å². The molecule has 6 aliphatic rings. The van der Waals surface area contributed by atoms with Crippen LogP contribution < -0.4 is 26.1 Å². The molecule has 0 unspecified atom stereocenters. The number of carbonyl (C=O) groups excluding carboxylic acids is 3. The van der Waals surface area contributed by atoms with Gasteiger partial charge in [0.2, 0.25) is 0 Å². The predicted octanol–water partition coefficient (Wildman–Crippen LogP) is 5.02. The molecule has 390 valence electrons. The molecule has 2 amide bonds. The molecule has 71 heavy (non-hydrogen) atoms. The number of nitrogens with one attached hydrogen (secondary N) is 2. The fourth-order valence-corrected chi connectivity index (χ4v) is 10.9. The Hall–Kier alpha value is -5.11. The monoisotopic (exact) mass is 989 g/mol. The van der Waals surface area contributed by atoms with Gasteiger partial charge in [0, 0.05) is 119 Å². The van der Waals surface area contributed by atoms with E-state index in [1.54, 1.807) is 66.0 Å². The van der Waals surface area contributed by atoms with Gasteiger partial charge in [0.15, 0.2) is 11.4 Å². The molecule has 9 atom stereocenters. The third kappa shape index (κ3) is 11.0. The number of alkyl carbamates (subject to hydrolysis) is 1. The number of hydrogen-bond acceptors (Lipinski definition) is 16. The summed E-state index contributed by atoms with van der Waals surface area (Å²) in [5, 5.41) is 54.1. The summed E-state index contributed by atoms with van der Waals surface area (Å²) in [7, 11) is 3.15. The number of carbonyl (C=O) groups is 3. The van der Waals surface area contributed by atoms with Gasteiger partial charge in [-0.15, -0.1) is 0 Å². The molecule has 6 N–H and O–H groups in total. The summed E-state index contributed by atoms with van der Waals surface area (Å²) < 4.78 is 30.0. The molecule has 1 spiro atoms. The molecule has 0 saturated carbocycles. The summed E-state index contributed by atoms with van der Waals surface area (Å²) in [6.07, 6.45) is 5.67. The Morgan fingerprint density at radius 1 is 0.915 bits per heavy atom. The number of rotatable bonds is 8. The number of aliphatic hydroxyl groups excluding tert-OH is 2. The number of hydrogen-bond donors (Lipinski definition) is 6. The Labute approximate surface area is 416 Å². The van der Waals surface area contributed by atoms with Gasteiger partial charge in [-0.2, -0.15) is 0 Å². The smallest absolute Gasteiger partial charge is 0.407 e. The van der Waals surface area contributed by atoms with Gasteiger partial charge < -0.3 is 64.5 Å². The number of likely N-dealkylation sites (tertiary alicyclic amines) is 2. The number of allylic oxidation sites excluding steroid dienone is 2. The zero-order valence-electron chi connectivity index (χ0n) is 43.3.